The molecule has 2 atom stereocenters. The fraction of sp³-hybridized carbons (Fsp3) is 0.458. The number of likely N-dealkylation sites (tertiary alicyclic amines) is 1. The Bertz CT molecular complexity index is 1010. The van der Waals surface area contributed by atoms with Crippen molar-refractivity contribution in [3.63, 3.8) is 0 Å². The second-order valence-corrected chi connectivity index (χ2v) is 9.38. The number of carbonyl (C=O) groups is 1. The Morgan fingerprint density at radius 2 is 1.97 bits per heavy atom. The summed E-state index contributed by atoms with van der Waals surface area (Å²) in [6.07, 6.45) is 2.20. The molecule has 0 aromatic heterocycles. The van der Waals surface area contributed by atoms with Crippen LogP contribution in [0.25, 0.3) is 0 Å². The Labute approximate surface area is 192 Å². The van der Waals surface area contributed by atoms with Crippen LogP contribution in [0.2, 0.25) is 5.02 Å². The van der Waals surface area contributed by atoms with Gasteiger partial charge in [-0.25, -0.2) is 4.79 Å². The minimum absolute atomic E-state index is 0.0121. The Kier molecular flexibility index (Phi) is 5.65. The number of anilines is 1. The predicted octanol–water partition coefficient (Wildman–Crippen LogP) is 2.82. The molecule has 5 rings (SSSR count). The largest absolute Gasteiger partial charge is 0.487 e. The molecular weight excluding hydrogens is 432 g/mol. The monoisotopic (exact) mass is 458 g/mol. The van der Waals surface area contributed by atoms with E-state index < -0.39 is 18.7 Å². The average molecular weight is 459 g/mol. The van der Waals surface area contributed by atoms with Crippen LogP contribution in [0.3, 0.4) is 0 Å². The molecule has 1 spiro atoms. The van der Waals surface area contributed by atoms with Gasteiger partial charge in [0.05, 0.1) is 17.8 Å². The maximum absolute atomic E-state index is 10.9. The quantitative estimate of drug-likeness (QED) is 0.712. The molecule has 8 heteroatoms. The number of piperidine rings is 1. The summed E-state index contributed by atoms with van der Waals surface area (Å²) in [5.41, 5.74) is 1.82. The van der Waals surface area contributed by atoms with Crippen LogP contribution in [0.5, 0.6) is 11.5 Å². The van der Waals surface area contributed by atoms with Gasteiger partial charge >= 0.3 is 5.97 Å². The summed E-state index contributed by atoms with van der Waals surface area (Å²) < 4.78 is 11.8. The maximum Gasteiger partial charge on any atom is 0.341 e. The van der Waals surface area contributed by atoms with Gasteiger partial charge in [0.25, 0.3) is 0 Å². The van der Waals surface area contributed by atoms with Crippen LogP contribution < -0.4 is 14.4 Å². The van der Waals surface area contributed by atoms with Crippen LogP contribution in [0, 0.1) is 0 Å². The van der Waals surface area contributed by atoms with E-state index in [9.17, 15) is 9.90 Å². The van der Waals surface area contributed by atoms with E-state index in [1.54, 1.807) is 6.07 Å². The third-order valence-corrected chi connectivity index (χ3v) is 7.09. The molecule has 0 bridgehead atoms. The number of rotatable bonds is 5. The van der Waals surface area contributed by atoms with Gasteiger partial charge in [0.2, 0.25) is 0 Å². The second-order valence-electron chi connectivity index (χ2n) is 8.94. The van der Waals surface area contributed by atoms with E-state index in [1.165, 1.54) is 5.56 Å². The molecule has 1 unspecified atom stereocenters. The highest BCUT2D eigenvalue weighted by Crippen LogP contribution is 2.42. The highest BCUT2D eigenvalue weighted by Gasteiger charge is 2.45. The highest BCUT2D eigenvalue weighted by atomic mass is 35.5. The van der Waals surface area contributed by atoms with Crippen molar-refractivity contribution in [3.05, 3.63) is 53.1 Å². The molecule has 0 amide bonds. The van der Waals surface area contributed by atoms with Crippen molar-refractivity contribution in [2.75, 3.05) is 37.7 Å². The number of halogens is 1. The first-order chi connectivity index (χ1) is 15.4. The minimum Gasteiger partial charge on any atom is -0.487 e. The molecule has 3 aliphatic rings. The van der Waals surface area contributed by atoms with Crippen LogP contribution in [0.4, 0.5) is 5.69 Å². The van der Waals surface area contributed by atoms with Crippen LogP contribution in [0.1, 0.15) is 18.4 Å². The van der Waals surface area contributed by atoms with Crippen LogP contribution in [-0.4, -0.2) is 71.6 Å². The first-order valence-electron chi connectivity index (χ1n) is 11.0. The lowest BCUT2D eigenvalue weighted by Crippen LogP contribution is -2.53. The Hall–Kier alpha value is -2.48. The molecule has 2 aromatic carbocycles. The van der Waals surface area contributed by atoms with Crippen molar-refractivity contribution in [1.82, 2.24) is 4.90 Å². The number of ether oxygens (including phenoxy) is 2. The normalized spacial score (nSPS) is 24.4. The molecular formula is C24H27ClN2O5. The summed E-state index contributed by atoms with van der Waals surface area (Å²) >= 11 is 6.15. The number of aliphatic carboxylic acids is 1. The molecule has 0 radical (unpaired) electrons. The van der Waals surface area contributed by atoms with Crippen molar-refractivity contribution in [1.29, 1.82) is 0 Å². The SMILES string of the molecule is O=C(O)COc1ccccc1N1CC(N2CCC3(CC2)Cc2cc(Cl)ccc2O3)[C@H](O)C1. The molecule has 3 heterocycles. The van der Waals surface area contributed by atoms with Gasteiger partial charge in [-0.15, -0.1) is 0 Å². The number of benzene rings is 2. The number of hydrogen-bond acceptors (Lipinski definition) is 6. The summed E-state index contributed by atoms with van der Waals surface area (Å²) in [5, 5.41) is 20.5. The third kappa shape index (κ3) is 4.12. The van der Waals surface area contributed by atoms with E-state index in [0.29, 0.717) is 18.8 Å². The number of hydrogen-bond donors (Lipinski definition) is 2. The number of carboxylic acids is 1. The van der Waals surface area contributed by atoms with Gasteiger partial charge in [-0.05, 0) is 35.9 Å². The molecule has 2 fully saturated rings. The average Bonchev–Trinajstić information content (AvgIpc) is 3.33. The lowest BCUT2D eigenvalue weighted by molar-refractivity contribution is -0.139. The van der Waals surface area contributed by atoms with Gasteiger partial charge in [0.1, 0.15) is 17.1 Å². The van der Waals surface area contributed by atoms with Gasteiger partial charge in [-0.2, -0.15) is 0 Å². The van der Waals surface area contributed by atoms with Gasteiger partial charge in [0, 0.05) is 50.5 Å². The smallest absolute Gasteiger partial charge is 0.341 e. The molecule has 3 aliphatic heterocycles. The lowest BCUT2D eigenvalue weighted by Gasteiger charge is -2.41. The molecule has 0 aliphatic carbocycles. The fourth-order valence-corrected chi connectivity index (χ4v) is 5.44. The van der Waals surface area contributed by atoms with E-state index in [4.69, 9.17) is 26.2 Å². The molecule has 2 saturated heterocycles. The lowest BCUT2D eigenvalue weighted by atomic mass is 9.86. The van der Waals surface area contributed by atoms with Crippen molar-refractivity contribution >= 4 is 23.3 Å². The summed E-state index contributed by atoms with van der Waals surface area (Å²) in [6.45, 7) is 2.47. The zero-order chi connectivity index (χ0) is 22.3. The van der Waals surface area contributed by atoms with E-state index >= 15 is 0 Å². The van der Waals surface area contributed by atoms with E-state index in [2.05, 4.69) is 9.80 Å². The number of nitrogens with zero attached hydrogens (tertiary/aromatic N) is 2. The van der Waals surface area contributed by atoms with Gasteiger partial charge in [-0.3, -0.25) is 4.90 Å². The zero-order valence-electron chi connectivity index (χ0n) is 17.7. The Morgan fingerprint density at radius 1 is 1.19 bits per heavy atom. The Balaban J connectivity index is 1.23. The molecule has 7 nitrogen and oxygen atoms in total. The number of para-hydroxylation sites is 2. The van der Waals surface area contributed by atoms with E-state index in [0.717, 1.165) is 48.8 Å². The fourth-order valence-electron chi connectivity index (χ4n) is 5.25. The molecule has 32 heavy (non-hydrogen) atoms. The molecule has 2 N–H and O–H groups in total. The van der Waals surface area contributed by atoms with Gasteiger partial charge in [0.15, 0.2) is 6.61 Å². The van der Waals surface area contributed by atoms with Crippen molar-refractivity contribution in [2.45, 2.75) is 37.0 Å². The van der Waals surface area contributed by atoms with E-state index in [1.807, 2.05) is 36.4 Å². The van der Waals surface area contributed by atoms with Gasteiger partial charge in [-0.1, -0.05) is 23.7 Å². The van der Waals surface area contributed by atoms with Gasteiger partial charge < -0.3 is 24.6 Å². The van der Waals surface area contributed by atoms with Crippen molar-refractivity contribution in [2.24, 2.45) is 0 Å². The first kappa shape index (κ1) is 21.4. The summed E-state index contributed by atoms with van der Waals surface area (Å²) in [6, 6.07) is 13.2. The molecule has 2 aromatic rings. The number of fused-ring (bicyclic) bond motifs is 1. The third-order valence-electron chi connectivity index (χ3n) is 6.86. The Morgan fingerprint density at radius 3 is 2.75 bits per heavy atom. The van der Waals surface area contributed by atoms with Crippen molar-refractivity contribution in [3.8, 4) is 11.5 Å². The predicted molar refractivity (Wildman–Crippen MR) is 121 cm³/mol. The first-order valence-corrected chi connectivity index (χ1v) is 11.4. The molecule has 0 saturated carbocycles. The second kappa shape index (κ2) is 8.46. The molecule has 170 valence electrons. The van der Waals surface area contributed by atoms with E-state index in [-0.39, 0.29) is 11.6 Å². The highest BCUT2D eigenvalue weighted by molar-refractivity contribution is 6.30. The standard InChI is InChI=1S/C24H27ClN2O5/c25-17-5-6-21-16(11-17)12-24(32-21)7-9-26(10-8-24)19-13-27(14-20(19)28)18-3-1-2-4-22(18)31-15-23(29)30/h1-6,11,19-20,28H,7-10,12-15H2,(H,29,30)/t19?,20-/m1/s1. The number of β-amino-alcohol motifs (C(OH)–C–C–N with tert-alkyl or cyclic N) is 1. The topological polar surface area (TPSA) is 82.5 Å². The number of aliphatic hydroxyl groups is 1. The maximum atomic E-state index is 10.9. The minimum atomic E-state index is -1.01. The van der Waals surface area contributed by atoms with Crippen LogP contribution in [-0.2, 0) is 11.2 Å². The summed E-state index contributed by atoms with van der Waals surface area (Å²) in [4.78, 5) is 15.4. The summed E-state index contributed by atoms with van der Waals surface area (Å²) in [5.74, 6) is 0.448. The summed E-state index contributed by atoms with van der Waals surface area (Å²) in [7, 11) is 0. The van der Waals surface area contributed by atoms with Crippen LogP contribution in [0.15, 0.2) is 42.5 Å². The van der Waals surface area contributed by atoms with Crippen LogP contribution >= 0.6 is 11.6 Å². The van der Waals surface area contributed by atoms with Crippen molar-refractivity contribution < 1.29 is 24.5 Å². The zero-order valence-corrected chi connectivity index (χ0v) is 18.5. The number of aliphatic hydroxyl groups excluding tert-OH is 1. The number of carboxylic acid groups (broad SMARTS) is 1.